The van der Waals surface area contributed by atoms with Crippen LogP contribution in [0.25, 0.3) is 0 Å². The van der Waals surface area contributed by atoms with E-state index in [9.17, 15) is 0 Å². The van der Waals surface area contributed by atoms with Crippen molar-refractivity contribution >= 4 is 11.6 Å². The zero-order chi connectivity index (χ0) is 26.3. The highest BCUT2D eigenvalue weighted by atomic mass is 35.5. The standard InChI is InChI=1S/C29H47ClN6/c1-6-22-12-15-34(16-13-22)21-28-33-14-17-35(28)19-24-18-23(8-11-27(24)30)26(29(3,4)5)10-9-25(31)20-36(32)7-2/h8,11,14,17-18,20,22,26H,6-7,9-10,12-13,15-16,19,21,31-32H2,1-5H3/b25-20-. The molecule has 1 aliphatic heterocycles. The lowest BCUT2D eigenvalue weighted by atomic mass is 9.73. The van der Waals surface area contributed by atoms with Crippen LogP contribution < -0.4 is 11.6 Å². The van der Waals surface area contributed by atoms with Crippen LogP contribution in [-0.2, 0) is 13.1 Å². The molecule has 200 valence electrons. The third kappa shape index (κ3) is 7.99. The van der Waals surface area contributed by atoms with E-state index < -0.39 is 0 Å². The summed E-state index contributed by atoms with van der Waals surface area (Å²) in [5.74, 6) is 8.25. The molecule has 0 radical (unpaired) electrons. The highest BCUT2D eigenvalue weighted by molar-refractivity contribution is 6.31. The van der Waals surface area contributed by atoms with E-state index >= 15 is 0 Å². The molecule has 0 aliphatic carbocycles. The van der Waals surface area contributed by atoms with Crippen LogP contribution in [0.1, 0.15) is 89.6 Å². The monoisotopic (exact) mass is 514 g/mol. The summed E-state index contributed by atoms with van der Waals surface area (Å²) in [6, 6.07) is 6.51. The van der Waals surface area contributed by atoms with Crippen molar-refractivity contribution in [3.05, 3.63) is 64.5 Å². The number of halogens is 1. The van der Waals surface area contributed by atoms with Gasteiger partial charge in [-0.05, 0) is 80.1 Å². The second-order valence-corrected chi connectivity index (χ2v) is 11.8. The van der Waals surface area contributed by atoms with E-state index in [0.29, 0.717) is 5.92 Å². The predicted octanol–water partition coefficient (Wildman–Crippen LogP) is 6.11. The molecule has 1 aliphatic rings. The lowest BCUT2D eigenvalue weighted by molar-refractivity contribution is 0.170. The van der Waals surface area contributed by atoms with E-state index in [1.54, 1.807) is 5.01 Å². The Bertz CT molecular complexity index is 984. The topological polar surface area (TPSA) is 76.3 Å². The van der Waals surface area contributed by atoms with Gasteiger partial charge in [-0.2, -0.15) is 0 Å². The van der Waals surface area contributed by atoms with Gasteiger partial charge in [0.15, 0.2) is 0 Å². The number of hydrogen-bond acceptors (Lipinski definition) is 5. The molecule has 3 rings (SSSR count). The van der Waals surface area contributed by atoms with Crippen molar-refractivity contribution in [2.45, 2.75) is 85.7 Å². The van der Waals surface area contributed by atoms with Crippen LogP contribution in [0, 0.1) is 11.3 Å². The lowest BCUT2D eigenvalue weighted by Crippen LogP contribution is -2.34. The van der Waals surface area contributed by atoms with Crippen LogP contribution >= 0.6 is 11.6 Å². The fourth-order valence-corrected chi connectivity index (χ4v) is 5.46. The summed E-state index contributed by atoms with van der Waals surface area (Å²) < 4.78 is 2.25. The van der Waals surface area contributed by atoms with Crippen molar-refractivity contribution in [2.75, 3.05) is 19.6 Å². The average Bonchev–Trinajstić information content (AvgIpc) is 3.27. The van der Waals surface area contributed by atoms with E-state index in [4.69, 9.17) is 28.2 Å². The smallest absolute Gasteiger partial charge is 0.123 e. The van der Waals surface area contributed by atoms with Gasteiger partial charge in [0.1, 0.15) is 5.82 Å². The number of nitrogens with two attached hydrogens (primary N) is 2. The van der Waals surface area contributed by atoms with Crippen LogP contribution in [-0.4, -0.2) is 39.1 Å². The van der Waals surface area contributed by atoms with Crippen molar-refractivity contribution in [2.24, 2.45) is 22.9 Å². The van der Waals surface area contributed by atoms with Crippen LogP contribution in [0.2, 0.25) is 5.02 Å². The molecule has 7 heteroatoms. The molecule has 1 atom stereocenters. The summed E-state index contributed by atoms with van der Waals surface area (Å²) in [6.07, 6.45) is 11.5. The zero-order valence-electron chi connectivity index (χ0n) is 23.0. The fraction of sp³-hybridized carbons (Fsp3) is 0.621. The molecule has 0 amide bonds. The minimum Gasteiger partial charge on any atom is -0.401 e. The highest BCUT2D eigenvalue weighted by Crippen LogP contribution is 2.40. The molecule has 36 heavy (non-hydrogen) atoms. The molecule has 0 saturated carbocycles. The van der Waals surface area contributed by atoms with Gasteiger partial charge < -0.3 is 15.3 Å². The second kappa shape index (κ2) is 13.0. The Labute approximate surface area is 223 Å². The Hall–Kier alpha value is -2.02. The molecule has 1 saturated heterocycles. The number of hydrogen-bond donors (Lipinski definition) is 2. The number of allylic oxidation sites excluding steroid dienone is 1. The molecule has 0 spiro atoms. The molecule has 0 bridgehead atoms. The summed E-state index contributed by atoms with van der Waals surface area (Å²) in [5, 5.41) is 2.44. The van der Waals surface area contributed by atoms with Crippen molar-refractivity contribution < 1.29 is 0 Å². The molecular weight excluding hydrogens is 468 g/mol. The van der Waals surface area contributed by atoms with Gasteiger partial charge in [-0.15, -0.1) is 0 Å². The van der Waals surface area contributed by atoms with Gasteiger partial charge >= 0.3 is 0 Å². The minimum absolute atomic E-state index is 0.0866. The van der Waals surface area contributed by atoms with Crippen molar-refractivity contribution in [3.63, 3.8) is 0 Å². The first-order chi connectivity index (χ1) is 17.1. The average molecular weight is 515 g/mol. The van der Waals surface area contributed by atoms with Crippen molar-refractivity contribution in [3.8, 4) is 0 Å². The van der Waals surface area contributed by atoms with Crippen LogP contribution in [0.4, 0.5) is 0 Å². The largest absolute Gasteiger partial charge is 0.401 e. The van der Waals surface area contributed by atoms with Crippen LogP contribution in [0.3, 0.4) is 0 Å². The third-order valence-corrected chi connectivity index (χ3v) is 8.10. The van der Waals surface area contributed by atoms with Gasteiger partial charge in [0.25, 0.3) is 0 Å². The normalized spacial score (nSPS) is 16.9. The van der Waals surface area contributed by atoms with Crippen molar-refractivity contribution in [1.82, 2.24) is 19.5 Å². The van der Waals surface area contributed by atoms with E-state index in [-0.39, 0.29) is 5.41 Å². The third-order valence-electron chi connectivity index (χ3n) is 7.73. The molecule has 1 aromatic carbocycles. The molecule has 1 fully saturated rings. The van der Waals surface area contributed by atoms with Crippen LogP contribution in [0.15, 0.2) is 42.5 Å². The summed E-state index contributed by atoms with van der Waals surface area (Å²) in [5.41, 5.74) is 9.62. The Morgan fingerprint density at radius 2 is 1.94 bits per heavy atom. The Balaban J connectivity index is 1.74. The summed E-state index contributed by atoms with van der Waals surface area (Å²) in [4.78, 5) is 7.23. The van der Waals surface area contributed by atoms with E-state index in [1.807, 2.05) is 19.3 Å². The number of benzene rings is 1. The maximum atomic E-state index is 6.72. The number of hydrazine groups is 1. The van der Waals surface area contributed by atoms with Crippen LogP contribution in [0.5, 0.6) is 0 Å². The number of rotatable bonds is 11. The van der Waals surface area contributed by atoms with Gasteiger partial charge in [0, 0.05) is 35.9 Å². The zero-order valence-corrected chi connectivity index (χ0v) is 23.8. The molecule has 2 heterocycles. The first-order valence-electron chi connectivity index (χ1n) is 13.6. The number of aromatic nitrogens is 2. The highest BCUT2D eigenvalue weighted by Gasteiger charge is 2.27. The van der Waals surface area contributed by atoms with Gasteiger partial charge in [-0.1, -0.05) is 57.8 Å². The second-order valence-electron chi connectivity index (χ2n) is 11.4. The number of piperidine rings is 1. The first-order valence-corrected chi connectivity index (χ1v) is 14.0. The number of nitrogens with zero attached hydrogens (tertiary/aromatic N) is 4. The summed E-state index contributed by atoms with van der Waals surface area (Å²) in [7, 11) is 0. The molecule has 2 aromatic rings. The SMILES string of the molecule is CCC1CCN(Cc2nccn2Cc2cc(C(CC/C(N)=C/N(N)CC)C(C)(C)C)ccc2Cl)CC1. The van der Waals surface area contributed by atoms with Gasteiger partial charge in [0.05, 0.1) is 13.1 Å². The quantitative estimate of drug-likeness (QED) is 0.279. The van der Waals surface area contributed by atoms with E-state index in [2.05, 4.69) is 61.6 Å². The van der Waals surface area contributed by atoms with E-state index in [0.717, 1.165) is 73.6 Å². The van der Waals surface area contributed by atoms with Gasteiger partial charge in [-0.25, -0.2) is 10.8 Å². The molecule has 1 unspecified atom stereocenters. The Morgan fingerprint density at radius 3 is 2.58 bits per heavy atom. The number of likely N-dealkylation sites (tertiary alicyclic amines) is 1. The molecular formula is C29H47ClN6. The fourth-order valence-electron chi connectivity index (χ4n) is 5.28. The maximum Gasteiger partial charge on any atom is 0.123 e. The van der Waals surface area contributed by atoms with Gasteiger partial charge in [-0.3, -0.25) is 4.90 Å². The summed E-state index contributed by atoms with van der Waals surface area (Å²) in [6.45, 7) is 15.9. The Kier molecular flexibility index (Phi) is 10.3. The Morgan fingerprint density at radius 1 is 1.22 bits per heavy atom. The predicted molar refractivity (Wildman–Crippen MR) is 151 cm³/mol. The maximum absolute atomic E-state index is 6.72. The number of imidazole rings is 1. The molecule has 1 aromatic heterocycles. The first kappa shape index (κ1) is 28.5. The molecule has 6 nitrogen and oxygen atoms in total. The van der Waals surface area contributed by atoms with Gasteiger partial charge in [0.2, 0.25) is 0 Å². The molecule has 4 N–H and O–H groups in total. The summed E-state index contributed by atoms with van der Waals surface area (Å²) >= 11 is 6.72. The lowest BCUT2D eigenvalue weighted by Gasteiger charge is -2.32. The van der Waals surface area contributed by atoms with E-state index in [1.165, 1.54) is 24.8 Å². The van der Waals surface area contributed by atoms with Crippen molar-refractivity contribution in [1.29, 1.82) is 0 Å². The minimum atomic E-state index is 0.0866.